The summed E-state index contributed by atoms with van der Waals surface area (Å²) in [4.78, 5) is 49.6. The first-order valence-corrected chi connectivity index (χ1v) is 10.4. The lowest BCUT2D eigenvalue weighted by Gasteiger charge is -2.25. The van der Waals surface area contributed by atoms with Gasteiger partial charge in [-0.25, -0.2) is 14.4 Å². The number of carbonyl (C=O) groups is 4. The lowest BCUT2D eigenvalue weighted by molar-refractivity contribution is 0.0252. The highest BCUT2D eigenvalue weighted by atomic mass is 16.5. The largest absolute Gasteiger partial charge is 0.465 e. The number of carbonyl (C=O) groups excluding carboxylic acids is 4. The highest BCUT2D eigenvalue weighted by molar-refractivity contribution is 6.09. The molecular weight excluding hydrogens is 438 g/mol. The van der Waals surface area contributed by atoms with Gasteiger partial charge in [0.15, 0.2) is 0 Å². The van der Waals surface area contributed by atoms with Gasteiger partial charge in [0, 0.05) is 12.0 Å². The predicted octanol–water partition coefficient (Wildman–Crippen LogP) is 3.97. The standard InChI is InChI=1S/C26H21NO7/c1-32-24(29)17-9-11-20(25(30)33-2)21(13-17)27-23(28)16-8-10-19-18(12-16)14-22(34-26(19)31)15-6-4-3-5-7-15/h3-13,22H,14H2,1-2H3,(H,27,28)/t22-/m0/s1. The van der Waals surface area contributed by atoms with E-state index in [9.17, 15) is 19.2 Å². The van der Waals surface area contributed by atoms with Crippen molar-refractivity contribution in [3.05, 3.63) is 100 Å². The predicted molar refractivity (Wildman–Crippen MR) is 122 cm³/mol. The average molecular weight is 459 g/mol. The van der Waals surface area contributed by atoms with Gasteiger partial charge < -0.3 is 19.5 Å². The topological polar surface area (TPSA) is 108 Å². The van der Waals surface area contributed by atoms with Crippen molar-refractivity contribution in [2.45, 2.75) is 12.5 Å². The van der Waals surface area contributed by atoms with Crippen molar-refractivity contribution in [2.24, 2.45) is 0 Å². The van der Waals surface area contributed by atoms with Crippen LogP contribution in [0.5, 0.6) is 0 Å². The summed E-state index contributed by atoms with van der Waals surface area (Å²) >= 11 is 0. The number of hydrogen-bond donors (Lipinski definition) is 1. The van der Waals surface area contributed by atoms with Crippen LogP contribution < -0.4 is 5.32 Å². The maximum Gasteiger partial charge on any atom is 0.339 e. The molecule has 8 heteroatoms. The quantitative estimate of drug-likeness (QED) is 0.454. The number of ether oxygens (including phenoxy) is 3. The third-order valence-corrected chi connectivity index (χ3v) is 5.51. The number of anilines is 1. The summed E-state index contributed by atoms with van der Waals surface area (Å²) in [5.74, 6) is -2.28. The Hall–Kier alpha value is -4.46. The number of hydrogen-bond acceptors (Lipinski definition) is 7. The molecule has 0 unspecified atom stereocenters. The van der Waals surface area contributed by atoms with Crippen LogP contribution in [-0.4, -0.2) is 38.0 Å². The molecule has 1 aliphatic rings. The van der Waals surface area contributed by atoms with Crippen LogP contribution in [0.25, 0.3) is 0 Å². The molecule has 3 aromatic carbocycles. The van der Waals surface area contributed by atoms with E-state index in [0.717, 1.165) is 5.56 Å². The number of amides is 1. The van der Waals surface area contributed by atoms with E-state index in [-0.39, 0.29) is 22.4 Å². The fourth-order valence-corrected chi connectivity index (χ4v) is 3.77. The molecule has 0 fully saturated rings. The van der Waals surface area contributed by atoms with Gasteiger partial charge in [-0.3, -0.25) is 4.79 Å². The van der Waals surface area contributed by atoms with Crippen molar-refractivity contribution in [3.8, 4) is 0 Å². The van der Waals surface area contributed by atoms with Crippen LogP contribution in [0.4, 0.5) is 5.69 Å². The van der Waals surface area contributed by atoms with Gasteiger partial charge in [0.05, 0.1) is 36.6 Å². The molecule has 172 valence electrons. The maximum atomic E-state index is 13.1. The molecule has 0 bridgehead atoms. The Balaban J connectivity index is 1.63. The first-order chi connectivity index (χ1) is 16.4. The number of cyclic esters (lactones) is 1. The van der Waals surface area contributed by atoms with Gasteiger partial charge in [-0.05, 0) is 47.5 Å². The summed E-state index contributed by atoms with van der Waals surface area (Å²) in [5, 5.41) is 2.66. The van der Waals surface area contributed by atoms with Gasteiger partial charge in [0.25, 0.3) is 5.91 Å². The van der Waals surface area contributed by atoms with E-state index in [2.05, 4.69) is 5.32 Å². The Morgan fingerprint density at radius 1 is 0.882 bits per heavy atom. The third kappa shape index (κ3) is 4.52. The van der Waals surface area contributed by atoms with E-state index in [4.69, 9.17) is 14.2 Å². The second kappa shape index (κ2) is 9.58. The molecule has 0 saturated heterocycles. The summed E-state index contributed by atoms with van der Waals surface area (Å²) in [7, 11) is 2.45. The van der Waals surface area contributed by atoms with Crippen molar-refractivity contribution in [2.75, 3.05) is 19.5 Å². The number of nitrogens with one attached hydrogen (secondary N) is 1. The van der Waals surface area contributed by atoms with E-state index in [1.54, 1.807) is 12.1 Å². The Morgan fingerprint density at radius 2 is 1.59 bits per heavy atom. The molecule has 0 saturated carbocycles. The monoisotopic (exact) mass is 459 g/mol. The molecule has 0 radical (unpaired) electrons. The summed E-state index contributed by atoms with van der Waals surface area (Å²) in [5.41, 5.74) is 2.54. The smallest absolute Gasteiger partial charge is 0.339 e. The van der Waals surface area contributed by atoms with Gasteiger partial charge in [-0.2, -0.15) is 0 Å². The minimum atomic E-state index is -0.675. The van der Waals surface area contributed by atoms with Gasteiger partial charge in [0.1, 0.15) is 6.10 Å². The van der Waals surface area contributed by atoms with Gasteiger partial charge >= 0.3 is 17.9 Å². The molecule has 34 heavy (non-hydrogen) atoms. The molecule has 0 aromatic heterocycles. The highest BCUT2D eigenvalue weighted by Crippen LogP contribution is 2.31. The molecule has 1 amide bonds. The Morgan fingerprint density at radius 3 is 2.29 bits per heavy atom. The zero-order chi connectivity index (χ0) is 24.2. The van der Waals surface area contributed by atoms with Crippen LogP contribution >= 0.6 is 0 Å². The SMILES string of the molecule is COC(=O)c1ccc(C(=O)OC)c(NC(=O)c2ccc3c(c2)C[C@@H](c2ccccc2)OC3=O)c1. The third-order valence-electron chi connectivity index (χ3n) is 5.51. The van der Waals surface area contributed by atoms with Crippen LogP contribution in [0.15, 0.2) is 66.7 Å². The lowest BCUT2D eigenvalue weighted by Crippen LogP contribution is -2.23. The Kier molecular flexibility index (Phi) is 6.40. The Bertz CT molecular complexity index is 1280. The van der Waals surface area contributed by atoms with Crippen molar-refractivity contribution in [1.29, 1.82) is 0 Å². The number of methoxy groups -OCH3 is 2. The molecule has 0 aliphatic carbocycles. The Labute approximate surface area is 195 Å². The van der Waals surface area contributed by atoms with Crippen LogP contribution in [0.2, 0.25) is 0 Å². The average Bonchev–Trinajstić information content (AvgIpc) is 2.87. The van der Waals surface area contributed by atoms with Crippen LogP contribution in [0.3, 0.4) is 0 Å². The van der Waals surface area contributed by atoms with Crippen LogP contribution in [0, 0.1) is 0 Å². The van der Waals surface area contributed by atoms with Crippen LogP contribution in [-0.2, 0) is 20.6 Å². The normalized spacial score (nSPS) is 14.4. The van der Waals surface area contributed by atoms with E-state index >= 15 is 0 Å². The molecule has 1 atom stereocenters. The van der Waals surface area contributed by atoms with E-state index in [0.29, 0.717) is 17.5 Å². The first-order valence-electron chi connectivity index (χ1n) is 10.4. The molecular formula is C26H21NO7. The van der Waals surface area contributed by atoms with E-state index in [1.165, 1.54) is 38.5 Å². The highest BCUT2D eigenvalue weighted by Gasteiger charge is 2.28. The van der Waals surface area contributed by atoms with Crippen molar-refractivity contribution >= 4 is 29.5 Å². The molecule has 4 rings (SSSR count). The summed E-state index contributed by atoms with van der Waals surface area (Å²) in [6.45, 7) is 0. The summed E-state index contributed by atoms with van der Waals surface area (Å²) in [6, 6.07) is 18.2. The van der Waals surface area contributed by atoms with Crippen molar-refractivity contribution < 1.29 is 33.4 Å². The molecule has 3 aromatic rings. The van der Waals surface area contributed by atoms with E-state index < -0.39 is 29.9 Å². The second-order valence-corrected chi connectivity index (χ2v) is 7.58. The van der Waals surface area contributed by atoms with Gasteiger partial charge in [-0.1, -0.05) is 30.3 Å². The number of benzene rings is 3. The first kappa shape index (κ1) is 22.7. The van der Waals surface area contributed by atoms with Crippen molar-refractivity contribution in [3.63, 3.8) is 0 Å². The fourth-order valence-electron chi connectivity index (χ4n) is 3.77. The van der Waals surface area contributed by atoms with Crippen LogP contribution in [0.1, 0.15) is 58.7 Å². The maximum absolute atomic E-state index is 13.1. The van der Waals surface area contributed by atoms with E-state index in [1.807, 2.05) is 30.3 Å². The minimum absolute atomic E-state index is 0.0779. The van der Waals surface area contributed by atoms with Gasteiger partial charge in [-0.15, -0.1) is 0 Å². The summed E-state index contributed by atoms with van der Waals surface area (Å²) < 4.78 is 15.0. The molecule has 0 spiro atoms. The van der Waals surface area contributed by atoms with Crippen molar-refractivity contribution in [1.82, 2.24) is 0 Å². The molecule has 8 nitrogen and oxygen atoms in total. The fraction of sp³-hybridized carbons (Fsp3) is 0.154. The molecule has 1 N–H and O–H groups in total. The zero-order valence-electron chi connectivity index (χ0n) is 18.5. The number of fused-ring (bicyclic) bond motifs is 1. The number of rotatable bonds is 5. The van der Waals surface area contributed by atoms with Gasteiger partial charge in [0.2, 0.25) is 0 Å². The second-order valence-electron chi connectivity index (χ2n) is 7.58. The molecule has 1 heterocycles. The summed E-state index contributed by atoms with van der Waals surface area (Å²) in [6.07, 6.45) is -0.0422. The number of esters is 3. The minimum Gasteiger partial charge on any atom is -0.465 e. The molecule has 1 aliphatic heterocycles. The zero-order valence-corrected chi connectivity index (χ0v) is 18.5. The lowest BCUT2D eigenvalue weighted by atomic mass is 9.93.